The number of nitrogens with one attached hydrogen (secondary N) is 2. The molecule has 0 spiro atoms. The quantitative estimate of drug-likeness (QED) is 0.416. The second kappa shape index (κ2) is 13.3. The molecule has 36 heavy (non-hydrogen) atoms. The molecule has 0 radical (unpaired) electrons. The Labute approximate surface area is 209 Å². The Balaban J connectivity index is 2.12. The van der Waals surface area contributed by atoms with Crippen molar-refractivity contribution in [3.05, 3.63) is 35.4 Å². The SMILES string of the molecule is CC[C@H](C)[C@H](NC(=O)[C@@H](NC(=O)C[C@@H]1CCC(=O)N1Cc1cccc(F)c1F)[C@@H](C)OC)C(=O)OC. The lowest BCUT2D eigenvalue weighted by atomic mass is 9.98. The molecular weight excluding hydrogens is 476 g/mol. The molecule has 2 rings (SSSR count). The topological polar surface area (TPSA) is 114 Å². The molecule has 5 atom stereocenters. The van der Waals surface area contributed by atoms with Gasteiger partial charge in [-0.05, 0) is 25.3 Å². The second-order valence-electron chi connectivity index (χ2n) is 9.01. The van der Waals surface area contributed by atoms with Crippen LogP contribution >= 0.6 is 0 Å². The molecular formula is C25H35F2N3O6. The zero-order valence-corrected chi connectivity index (χ0v) is 21.3. The average molecular weight is 512 g/mol. The van der Waals surface area contributed by atoms with Crippen LogP contribution in [0.25, 0.3) is 0 Å². The first-order valence-corrected chi connectivity index (χ1v) is 12.0. The van der Waals surface area contributed by atoms with E-state index in [9.17, 15) is 28.0 Å². The highest BCUT2D eigenvalue weighted by atomic mass is 19.2. The van der Waals surface area contributed by atoms with E-state index < -0.39 is 53.6 Å². The highest BCUT2D eigenvalue weighted by Crippen LogP contribution is 2.25. The van der Waals surface area contributed by atoms with Crippen LogP contribution in [0.3, 0.4) is 0 Å². The third-order valence-electron chi connectivity index (χ3n) is 6.65. The van der Waals surface area contributed by atoms with Crippen molar-refractivity contribution in [2.75, 3.05) is 14.2 Å². The van der Waals surface area contributed by atoms with Gasteiger partial charge in [0.2, 0.25) is 17.7 Å². The number of amides is 3. The number of hydrogen-bond acceptors (Lipinski definition) is 6. The molecule has 1 aliphatic rings. The standard InChI is InChI=1S/C25H35F2N3O6/c1-6-14(2)22(25(34)36-5)29-24(33)23(15(3)35-4)28-19(31)12-17-10-11-20(32)30(17)13-16-8-7-9-18(26)21(16)27/h7-9,14-15,17,22-23H,6,10-13H2,1-5H3,(H,28,31)(H,29,33)/t14-,15+,17-,22-,23-/m0/s1. The summed E-state index contributed by atoms with van der Waals surface area (Å²) in [5, 5.41) is 5.28. The van der Waals surface area contributed by atoms with Crippen LogP contribution in [0.15, 0.2) is 18.2 Å². The number of hydrogen-bond donors (Lipinski definition) is 2. The molecule has 0 bridgehead atoms. The summed E-state index contributed by atoms with van der Waals surface area (Å²) in [5.74, 6) is -4.28. The van der Waals surface area contributed by atoms with Crippen molar-refractivity contribution >= 4 is 23.7 Å². The molecule has 1 aliphatic heterocycles. The van der Waals surface area contributed by atoms with Gasteiger partial charge in [0.15, 0.2) is 11.6 Å². The molecule has 1 aromatic carbocycles. The zero-order chi connectivity index (χ0) is 27.0. The fourth-order valence-electron chi connectivity index (χ4n) is 4.09. The van der Waals surface area contributed by atoms with E-state index in [0.717, 1.165) is 6.07 Å². The van der Waals surface area contributed by atoms with Crippen molar-refractivity contribution in [3.8, 4) is 0 Å². The van der Waals surface area contributed by atoms with E-state index >= 15 is 0 Å². The van der Waals surface area contributed by atoms with E-state index in [1.165, 1.54) is 31.3 Å². The molecule has 9 nitrogen and oxygen atoms in total. The van der Waals surface area contributed by atoms with E-state index in [-0.39, 0.29) is 36.8 Å². The minimum absolute atomic E-state index is 0.0137. The first kappa shape index (κ1) is 29.2. The predicted octanol–water partition coefficient (Wildman–Crippen LogP) is 2.07. The van der Waals surface area contributed by atoms with Gasteiger partial charge in [0.05, 0.1) is 13.2 Å². The Bertz CT molecular complexity index is 960. The Morgan fingerprint density at radius 1 is 1.14 bits per heavy atom. The number of esters is 1. The summed E-state index contributed by atoms with van der Waals surface area (Å²) < 4.78 is 37.8. The van der Waals surface area contributed by atoms with E-state index in [1.54, 1.807) is 13.8 Å². The van der Waals surface area contributed by atoms with Crippen molar-refractivity contribution in [2.24, 2.45) is 5.92 Å². The van der Waals surface area contributed by atoms with Crippen molar-refractivity contribution < 1.29 is 37.4 Å². The van der Waals surface area contributed by atoms with Gasteiger partial charge in [-0.25, -0.2) is 13.6 Å². The lowest BCUT2D eigenvalue weighted by molar-refractivity contribution is -0.147. The van der Waals surface area contributed by atoms with Crippen LogP contribution < -0.4 is 10.6 Å². The van der Waals surface area contributed by atoms with Crippen molar-refractivity contribution in [1.82, 2.24) is 15.5 Å². The van der Waals surface area contributed by atoms with Crippen molar-refractivity contribution in [1.29, 1.82) is 0 Å². The highest BCUT2D eigenvalue weighted by Gasteiger charge is 2.36. The molecule has 1 saturated heterocycles. The number of carbonyl (C=O) groups excluding carboxylic acids is 4. The summed E-state index contributed by atoms with van der Waals surface area (Å²) in [6, 6.07) is 1.15. The lowest BCUT2D eigenvalue weighted by Gasteiger charge is -2.29. The van der Waals surface area contributed by atoms with Gasteiger partial charge in [-0.15, -0.1) is 0 Å². The average Bonchev–Trinajstić information content (AvgIpc) is 3.20. The van der Waals surface area contributed by atoms with E-state index in [0.29, 0.717) is 12.8 Å². The normalized spacial score (nSPS) is 18.8. The number of rotatable bonds is 12. The monoisotopic (exact) mass is 511 g/mol. The molecule has 0 aliphatic carbocycles. The van der Waals surface area contributed by atoms with E-state index in [2.05, 4.69) is 10.6 Å². The zero-order valence-electron chi connectivity index (χ0n) is 21.3. The number of methoxy groups -OCH3 is 2. The fraction of sp³-hybridized carbons (Fsp3) is 0.600. The smallest absolute Gasteiger partial charge is 0.328 e. The van der Waals surface area contributed by atoms with E-state index in [1.807, 2.05) is 6.92 Å². The van der Waals surface area contributed by atoms with Gasteiger partial charge >= 0.3 is 5.97 Å². The number of benzene rings is 1. The molecule has 11 heteroatoms. The van der Waals surface area contributed by atoms with Crippen molar-refractivity contribution in [2.45, 2.75) is 77.2 Å². The molecule has 2 N–H and O–H groups in total. The number of ether oxygens (including phenoxy) is 2. The van der Waals surface area contributed by atoms with Gasteiger partial charge in [0.1, 0.15) is 12.1 Å². The minimum Gasteiger partial charge on any atom is -0.467 e. The molecule has 0 unspecified atom stereocenters. The van der Waals surface area contributed by atoms with Gasteiger partial charge in [-0.2, -0.15) is 0 Å². The van der Waals surface area contributed by atoms with Gasteiger partial charge in [0, 0.05) is 38.1 Å². The largest absolute Gasteiger partial charge is 0.467 e. The lowest BCUT2D eigenvalue weighted by Crippen LogP contribution is -2.57. The molecule has 0 aromatic heterocycles. The van der Waals surface area contributed by atoms with Crippen LogP contribution in [0.2, 0.25) is 0 Å². The number of nitrogens with zero attached hydrogens (tertiary/aromatic N) is 1. The molecule has 1 heterocycles. The van der Waals surface area contributed by atoms with Crippen LogP contribution in [0.4, 0.5) is 8.78 Å². The maximum absolute atomic E-state index is 14.1. The summed E-state index contributed by atoms with van der Waals surface area (Å²) in [6.45, 7) is 5.09. The molecule has 3 amide bonds. The highest BCUT2D eigenvalue weighted by molar-refractivity contribution is 5.91. The molecule has 1 aromatic rings. The summed E-state index contributed by atoms with van der Waals surface area (Å²) >= 11 is 0. The minimum atomic E-state index is -1.12. The van der Waals surface area contributed by atoms with E-state index in [4.69, 9.17) is 9.47 Å². The Morgan fingerprint density at radius 3 is 2.44 bits per heavy atom. The molecule has 1 fully saturated rings. The molecule has 200 valence electrons. The summed E-state index contributed by atoms with van der Waals surface area (Å²) in [5.41, 5.74) is 0.0137. The number of likely N-dealkylation sites (tertiary alicyclic amines) is 1. The molecule has 0 saturated carbocycles. The summed E-state index contributed by atoms with van der Waals surface area (Å²) in [6.07, 6.45) is 0.261. The first-order valence-electron chi connectivity index (χ1n) is 12.0. The van der Waals surface area contributed by atoms with Crippen molar-refractivity contribution in [3.63, 3.8) is 0 Å². The summed E-state index contributed by atoms with van der Waals surface area (Å²) in [7, 11) is 2.61. The maximum atomic E-state index is 14.1. The third-order valence-corrected chi connectivity index (χ3v) is 6.65. The Hall–Kier alpha value is -3.08. The Morgan fingerprint density at radius 2 is 1.83 bits per heavy atom. The number of halogens is 2. The third kappa shape index (κ3) is 7.22. The number of carbonyl (C=O) groups is 4. The van der Waals surface area contributed by atoms with Crippen LogP contribution in [0, 0.1) is 17.6 Å². The Kier molecular flexibility index (Phi) is 10.8. The van der Waals surface area contributed by atoms with Crippen LogP contribution in [-0.2, 0) is 35.2 Å². The summed E-state index contributed by atoms with van der Waals surface area (Å²) in [4.78, 5) is 51.9. The van der Waals surface area contributed by atoms with Gasteiger partial charge in [-0.3, -0.25) is 14.4 Å². The fourth-order valence-corrected chi connectivity index (χ4v) is 4.09. The predicted molar refractivity (Wildman–Crippen MR) is 126 cm³/mol. The van der Waals surface area contributed by atoms with Gasteiger partial charge < -0.3 is 25.0 Å². The van der Waals surface area contributed by atoms with Gasteiger partial charge in [0.25, 0.3) is 0 Å². The second-order valence-corrected chi connectivity index (χ2v) is 9.01. The van der Waals surface area contributed by atoms with Crippen LogP contribution in [0.1, 0.15) is 52.0 Å². The maximum Gasteiger partial charge on any atom is 0.328 e. The van der Waals surface area contributed by atoms with Crippen LogP contribution in [-0.4, -0.2) is 67.0 Å². The van der Waals surface area contributed by atoms with Crippen LogP contribution in [0.5, 0.6) is 0 Å². The van der Waals surface area contributed by atoms with Gasteiger partial charge in [-0.1, -0.05) is 32.4 Å². The first-order chi connectivity index (χ1) is 17.0.